The number of urea groups is 1. The van der Waals surface area contributed by atoms with Gasteiger partial charge in [-0.05, 0) is 56.5 Å². The summed E-state index contributed by atoms with van der Waals surface area (Å²) in [6.07, 6.45) is 2.36. The average Bonchev–Trinajstić information content (AvgIpc) is 2.88. The van der Waals surface area contributed by atoms with Gasteiger partial charge in [0.2, 0.25) is 5.95 Å². The smallest absolute Gasteiger partial charge is 0.332 e. The fraction of sp³-hybridized carbons (Fsp3) is 0.300. The number of piperidine rings is 1. The lowest BCUT2D eigenvalue weighted by atomic mass is 9.89. The van der Waals surface area contributed by atoms with Gasteiger partial charge >= 0.3 is 6.03 Å². The normalized spacial score (nSPS) is 21.3. The highest BCUT2D eigenvalue weighted by Crippen LogP contribution is 2.40. The Bertz CT molecular complexity index is 1030. The van der Waals surface area contributed by atoms with Crippen molar-refractivity contribution in [2.24, 2.45) is 0 Å². The van der Waals surface area contributed by atoms with E-state index in [1.807, 2.05) is 0 Å². The Morgan fingerprint density at radius 3 is 2.72 bits per heavy atom. The van der Waals surface area contributed by atoms with Gasteiger partial charge < -0.3 is 16.0 Å². The molecule has 0 saturated carbocycles. The number of nitrogens with zero attached hydrogens (tertiary/aromatic N) is 3. The number of carbonyl (C=O) groups is 3. The average molecular weight is 397 g/mol. The number of hydrogen-bond acceptors (Lipinski definition) is 5. The number of nitrogens with one attached hydrogen (secondary N) is 1. The van der Waals surface area contributed by atoms with Crippen LogP contribution in [0.25, 0.3) is 0 Å². The summed E-state index contributed by atoms with van der Waals surface area (Å²) in [6, 6.07) is 8.02. The second-order valence-corrected chi connectivity index (χ2v) is 7.38. The first-order valence-electron chi connectivity index (χ1n) is 9.31. The van der Waals surface area contributed by atoms with Crippen LogP contribution in [-0.2, 0) is 4.79 Å². The molecule has 3 N–H and O–H groups in total. The Hall–Kier alpha value is -3.49. The van der Waals surface area contributed by atoms with Crippen molar-refractivity contribution in [1.29, 1.82) is 0 Å². The minimum absolute atomic E-state index is 0.0812. The van der Waals surface area contributed by atoms with Gasteiger partial charge in [0.15, 0.2) is 0 Å². The quantitative estimate of drug-likeness (QED) is 0.470. The molecule has 1 atom stereocenters. The number of hydrogen-bond donors (Lipinski definition) is 2. The highest BCUT2D eigenvalue weighted by molar-refractivity contribution is 6.24. The molecule has 2 fully saturated rings. The van der Waals surface area contributed by atoms with Gasteiger partial charge in [-0.1, -0.05) is 6.07 Å². The molecule has 3 heterocycles. The zero-order valence-corrected chi connectivity index (χ0v) is 15.8. The molecule has 0 radical (unpaired) electrons. The van der Waals surface area contributed by atoms with Crippen molar-refractivity contribution in [3.63, 3.8) is 0 Å². The van der Waals surface area contributed by atoms with Crippen LogP contribution >= 0.6 is 0 Å². The van der Waals surface area contributed by atoms with Crippen molar-refractivity contribution in [2.75, 3.05) is 22.5 Å². The number of fused-ring (bicyclic) bond motifs is 1. The van der Waals surface area contributed by atoms with Crippen molar-refractivity contribution in [3.8, 4) is 0 Å². The van der Waals surface area contributed by atoms with E-state index in [-0.39, 0.29) is 29.0 Å². The number of nitrogens with two attached hydrogens (primary N) is 1. The Kier molecular flexibility index (Phi) is 4.45. The van der Waals surface area contributed by atoms with Crippen molar-refractivity contribution in [1.82, 2.24) is 9.88 Å². The molecule has 0 aliphatic carbocycles. The van der Waals surface area contributed by atoms with Gasteiger partial charge in [-0.2, -0.15) is 4.39 Å². The van der Waals surface area contributed by atoms with E-state index in [4.69, 9.17) is 5.73 Å². The summed E-state index contributed by atoms with van der Waals surface area (Å²) in [5.41, 5.74) is 5.96. The van der Waals surface area contributed by atoms with E-state index in [2.05, 4.69) is 10.3 Å². The van der Waals surface area contributed by atoms with E-state index >= 15 is 0 Å². The number of aromatic nitrogens is 1. The monoisotopic (exact) mass is 397 g/mol. The zero-order valence-electron chi connectivity index (χ0n) is 15.8. The van der Waals surface area contributed by atoms with E-state index in [9.17, 15) is 18.8 Å². The molecule has 150 valence electrons. The molecule has 4 rings (SSSR count). The predicted molar refractivity (Wildman–Crippen MR) is 105 cm³/mol. The topological polar surface area (TPSA) is 109 Å². The highest BCUT2D eigenvalue weighted by atomic mass is 19.1. The SMILES string of the molecule is CC12CCCCN1C(=O)N(c1ccc(NC(=O)c3cccc(F)n3)cc1N)C2=O. The summed E-state index contributed by atoms with van der Waals surface area (Å²) in [7, 11) is 0. The standard InChI is InChI=1S/C20H20FN5O3/c1-20-9-2-3-10-25(20)19(29)26(18(20)28)15-8-7-12(11-13(15)22)23-17(27)14-5-4-6-16(21)24-14/h4-8,11H,2-3,9-10,22H2,1H3,(H,23,27). The van der Waals surface area contributed by atoms with Gasteiger partial charge in [-0.25, -0.2) is 14.7 Å². The number of carbonyl (C=O) groups excluding carboxylic acids is 3. The number of nitrogen functional groups attached to an aromatic ring is 1. The Balaban J connectivity index is 1.58. The molecule has 0 spiro atoms. The third-order valence-corrected chi connectivity index (χ3v) is 5.45. The van der Waals surface area contributed by atoms with E-state index in [0.29, 0.717) is 18.7 Å². The molecular weight excluding hydrogens is 377 g/mol. The Morgan fingerprint density at radius 2 is 2.03 bits per heavy atom. The molecule has 2 aliphatic heterocycles. The molecule has 1 aromatic carbocycles. The van der Waals surface area contributed by atoms with E-state index < -0.39 is 17.4 Å². The molecule has 1 unspecified atom stereocenters. The van der Waals surface area contributed by atoms with Gasteiger partial charge in [-0.3, -0.25) is 9.59 Å². The summed E-state index contributed by atoms with van der Waals surface area (Å²) in [5, 5.41) is 2.58. The molecule has 2 aromatic rings. The molecule has 8 nitrogen and oxygen atoms in total. The third-order valence-electron chi connectivity index (χ3n) is 5.45. The van der Waals surface area contributed by atoms with Crippen molar-refractivity contribution in [3.05, 3.63) is 48.0 Å². The molecule has 1 aromatic heterocycles. The van der Waals surface area contributed by atoms with E-state index in [0.717, 1.165) is 23.8 Å². The summed E-state index contributed by atoms with van der Waals surface area (Å²) in [4.78, 5) is 44.3. The van der Waals surface area contributed by atoms with E-state index in [1.54, 1.807) is 11.8 Å². The van der Waals surface area contributed by atoms with Gasteiger partial charge in [0.25, 0.3) is 11.8 Å². The maximum atomic E-state index is 13.2. The maximum absolute atomic E-state index is 13.2. The summed E-state index contributed by atoms with van der Waals surface area (Å²) in [5.74, 6) is -1.66. The van der Waals surface area contributed by atoms with Crippen molar-refractivity contribution in [2.45, 2.75) is 31.7 Å². The van der Waals surface area contributed by atoms with Crippen LogP contribution in [0.2, 0.25) is 0 Å². The fourth-order valence-corrected chi connectivity index (χ4v) is 3.88. The molecule has 29 heavy (non-hydrogen) atoms. The number of benzene rings is 1. The number of pyridine rings is 1. The number of rotatable bonds is 3. The van der Waals surface area contributed by atoms with Crippen LogP contribution in [0.1, 0.15) is 36.7 Å². The fourth-order valence-electron chi connectivity index (χ4n) is 3.88. The van der Waals surface area contributed by atoms with Gasteiger partial charge in [-0.15, -0.1) is 0 Å². The predicted octanol–water partition coefficient (Wildman–Crippen LogP) is 2.77. The molecule has 2 aliphatic rings. The zero-order chi connectivity index (χ0) is 20.8. The van der Waals surface area contributed by atoms with Crippen LogP contribution in [-0.4, -0.2) is 39.8 Å². The van der Waals surface area contributed by atoms with Crippen molar-refractivity contribution >= 4 is 34.9 Å². The minimum atomic E-state index is -0.849. The number of halogens is 1. The lowest BCUT2D eigenvalue weighted by Crippen LogP contribution is -2.49. The van der Waals surface area contributed by atoms with Gasteiger partial charge in [0.05, 0.1) is 11.4 Å². The lowest BCUT2D eigenvalue weighted by molar-refractivity contribution is -0.125. The Labute approximate surface area is 166 Å². The number of amides is 4. The third kappa shape index (κ3) is 3.08. The van der Waals surface area contributed by atoms with Crippen LogP contribution in [0.5, 0.6) is 0 Å². The maximum Gasteiger partial charge on any atom is 0.332 e. The largest absolute Gasteiger partial charge is 0.397 e. The summed E-state index contributed by atoms with van der Waals surface area (Å²) >= 11 is 0. The molecule has 9 heteroatoms. The Morgan fingerprint density at radius 1 is 1.24 bits per heavy atom. The number of imide groups is 1. The second kappa shape index (κ2) is 6.84. The first kappa shape index (κ1) is 18.9. The molecule has 4 amide bonds. The minimum Gasteiger partial charge on any atom is -0.397 e. The van der Waals surface area contributed by atoms with Crippen molar-refractivity contribution < 1.29 is 18.8 Å². The molecule has 2 saturated heterocycles. The van der Waals surface area contributed by atoms with Gasteiger partial charge in [0, 0.05) is 12.2 Å². The van der Waals surface area contributed by atoms with Crippen LogP contribution < -0.4 is 16.0 Å². The van der Waals surface area contributed by atoms with Gasteiger partial charge in [0.1, 0.15) is 11.2 Å². The molecule has 0 bridgehead atoms. The number of anilines is 3. The highest BCUT2D eigenvalue weighted by Gasteiger charge is 2.55. The molecular formula is C20H20FN5O3. The van der Waals surface area contributed by atoms with Crippen LogP contribution in [0.4, 0.5) is 26.2 Å². The van der Waals surface area contributed by atoms with Crippen LogP contribution in [0, 0.1) is 5.95 Å². The lowest BCUT2D eigenvalue weighted by Gasteiger charge is -2.35. The summed E-state index contributed by atoms with van der Waals surface area (Å²) in [6.45, 7) is 2.31. The summed E-state index contributed by atoms with van der Waals surface area (Å²) < 4.78 is 13.2. The first-order chi connectivity index (χ1) is 13.8. The van der Waals surface area contributed by atoms with E-state index in [1.165, 1.54) is 30.3 Å². The van der Waals surface area contributed by atoms with Crippen LogP contribution in [0.15, 0.2) is 36.4 Å². The first-order valence-corrected chi connectivity index (χ1v) is 9.31. The van der Waals surface area contributed by atoms with Crippen LogP contribution in [0.3, 0.4) is 0 Å². The second-order valence-electron chi connectivity index (χ2n) is 7.38.